The predicted octanol–water partition coefficient (Wildman–Crippen LogP) is 2.21. The Morgan fingerprint density at radius 3 is 2.33 bits per heavy atom. The molecule has 0 spiro atoms. The Bertz CT molecular complexity index is 428. The minimum atomic E-state index is -1.15. The lowest BCUT2D eigenvalue weighted by molar-refractivity contribution is 0.0659. The highest BCUT2D eigenvalue weighted by molar-refractivity contribution is 5.98. The lowest BCUT2D eigenvalue weighted by Gasteiger charge is -1.99. The van der Waals surface area contributed by atoms with E-state index in [1.54, 1.807) is 0 Å². The number of carboxylic acid groups (broad SMARTS) is 1. The van der Waals surface area contributed by atoms with Crippen LogP contribution < -0.4 is 0 Å². The van der Waals surface area contributed by atoms with Gasteiger partial charge in [0.15, 0.2) is 5.76 Å². The van der Waals surface area contributed by atoms with Gasteiger partial charge in [-0.3, -0.25) is 4.79 Å². The molecular weight excluding hydrogens is 196 g/mol. The van der Waals surface area contributed by atoms with Crippen LogP contribution in [0.25, 0.3) is 0 Å². The third-order valence-electron chi connectivity index (χ3n) is 2.89. The maximum atomic E-state index is 11.8. The fourth-order valence-corrected chi connectivity index (χ4v) is 1.67. The van der Waals surface area contributed by atoms with Crippen LogP contribution in [0.5, 0.6) is 0 Å². The molecule has 1 aliphatic carbocycles. The maximum Gasteiger partial charge on any atom is 0.371 e. The van der Waals surface area contributed by atoms with Crippen LogP contribution in [0.15, 0.2) is 16.5 Å². The first-order chi connectivity index (χ1) is 6.92. The van der Waals surface area contributed by atoms with E-state index in [0.717, 1.165) is 6.42 Å². The number of rotatable bonds is 3. The summed E-state index contributed by atoms with van der Waals surface area (Å²) in [6.07, 6.45) is 0.842. The molecule has 1 aromatic heterocycles. The average molecular weight is 208 g/mol. The summed E-state index contributed by atoms with van der Waals surface area (Å²) < 4.78 is 4.95. The highest BCUT2D eigenvalue weighted by Crippen LogP contribution is 2.53. The Morgan fingerprint density at radius 1 is 1.40 bits per heavy atom. The Morgan fingerprint density at radius 2 is 1.93 bits per heavy atom. The molecule has 0 bridgehead atoms. The predicted molar refractivity (Wildman–Crippen MR) is 51.9 cm³/mol. The molecule has 1 atom stereocenters. The van der Waals surface area contributed by atoms with Crippen LogP contribution in [0.3, 0.4) is 0 Å². The van der Waals surface area contributed by atoms with Gasteiger partial charge in [0.1, 0.15) is 0 Å². The smallest absolute Gasteiger partial charge is 0.371 e. The van der Waals surface area contributed by atoms with Crippen molar-refractivity contribution in [3.63, 3.8) is 0 Å². The summed E-state index contributed by atoms with van der Waals surface area (Å²) in [6.45, 7) is 4.02. The van der Waals surface area contributed by atoms with E-state index in [2.05, 4.69) is 0 Å². The Labute approximate surface area is 86.9 Å². The normalized spacial score (nSPS) is 22.4. The summed E-state index contributed by atoms with van der Waals surface area (Å²) >= 11 is 0. The quantitative estimate of drug-likeness (QED) is 0.773. The largest absolute Gasteiger partial charge is 0.475 e. The van der Waals surface area contributed by atoms with Gasteiger partial charge in [-0.05, 0) is 24.0 Å². The van der Waals surface area contributed by atoms with Crippen LogP contribution >= 0.6 is 0 Å². The van der Waals surface area contributed by atoms with E-state index in [1.807, 2.05) is 13.8 Å². The molecule has 1 aliphatic rings. The highest BCUT2D eigenvalue weighted by Gasteiger charge is 2.51. The van der Waals surface area contributed by atoms with Crippen LogP contribution in [-0.2, 0) is 0 Å². The zero-order valence-corrected chi connectivity index (χ0v) is 8.61. The first-order valence-corrected chi connectivity index (χ1v) is 4.79. The standard InChI is InChI=1S/C11H12O4/c1-11(2)5-6(11)9(12)7-3-4-8(15-7)10(13)14/h3-4,6H,5H2,1-2H3,(H,13,14). The molecule has 4 heteroatoms. The molecule has 0 radical (unpaired) electrons. The van der Waals surface area contributed by atoms with Crippen molar-refractivity contribution in [3.05, 3.63) is 23.7 Å². The van der Waals surface area contributed by atoms with Gasteiger partial charge in [-0.15, -0.1) is 0 Å². The van der Waals surface area contributed by atoms with Crippen molar-refractivity contribution in [2.45, 2.75) is 20.3 Å². The monoisotopic (exact) mass is 208 g/mol. The van der Waals surface area contributed by atoms with Gasteiger partial charge < -0.3 is 9.52 Å². The van der Waals surface area contributed by atoms with Gasteiger partial charge >= 0.3 is 5.97 Å². The second-order valence-electron chi connectivity index (χ2n) is 4.58. The molecule has 0 saturated heterocycles. The molecule has 15 heavy (non-hydrogen) atoms. The Hall–Kier alpha value is -1.58. The Balaban J connectivity index is 2.17. The Kier molecular flexibility index (Phi) is 1.96. The van der Waals surface area contributed by atoms with Crippen molar-refractivity contribution in [1.82, 2.24) is 0 Å². The van der Waals surface area contributed by atoms with Gasteiger partial charge in [0.25, 0.3) is 0 Å². The lowest BCUT2D eigenvalue weighted by atomic mass is 10.1. The number of carbonyl (C=O) groups excluding carboxylic acids is 1. The molecule has 1 unspecified atom stereocenters. The van der Waals surface area contributed by atoms with Crippen molar-refractivity contribution in [3.8, 4) is 0 Å². The highest BCUT2D eigenvalue weighted by atomic mass is 16.4. The van der Waals surface area contributed by atoms with Gasteiger partial charge in [0.2, 0.25) is 11.5 Å². The zero-order valence-electron chi connectivity index (χ0n) is 8.61. The summed E-state index contributed by atoms with van der Waals surface area (Å²) in [5, 5.41) is 8.63. The van der Waals surface area contributed by atoms with Crippen molar-refractivity contribution in [2.75, 3.05) is 0 Å². The molecule has 0 aromatic carbocycles. The third kappa shape index (κ3) is 1.67. The van der Waals surface area contributed by atoms with Crippen molar-refractivity contribution >= 4 is 11.8 Å². The third-order valence-corrected chi connectivity index (χ3v) is 2.89. The fraction of sp³-hybridized carbons (Fsp3) is 0.455. The van der Waals surface area contributed by atoms with E-state index in [0.29, 0.717) is 0 Å². The van der Waals surface area contributed by atoms with Gasteiger partial charge in [0.05, 0.1) is 0 Å². The average Bonchev–Trinajstić information content (AvgIpc) is 2.65. The second-order valence-corrected chi connectivity index (χ2v) is 4.58. The van der Waals surface area contributed by atoms with Crippen molar-refractivity contribution in [1.29, 1.82) is 0 Å². The van der Waals surface area contributed by atoms with Crippen LogP contribution in [0.4, 0.5) is 0 Å². The van der Waals surface area contributed by atoms with E-state index in [-0.39, 0.29) is 28.6 Å². The number of furan rings is 1. The summed E-state index contributed by atoms with van der Waals surface area (Å²) in [7, 11) is 0. The minimum absolute atomic E-state index is 0.0229. The molecule has 1 saturated carbocycles. The van der Waals surface area contributed by atoms with Crippen molar-refractivity contribution < 1.29 is 19.1 Å². The van der Waals surface area contributed by atoms with Gasteiger partial charge in [-0.1, -0.05) is 13.8 Å². The summed E-state index contributed by atoms with van der Waals surface area (Å²) in [5.41, 5.74) is 0.0350. The minimum Gasteiger partial charge on any atom is -0.475 e. The molecule has 0 aliphatic heterocycles. The SMILES string of the molecule is CC1(C)CC1C(=O)c1ccc(C(=O)O)o1. The van der Waals surface area contributed by atoms with Crippen LogP contribution in [0.1, 0.15) is 41.4 Å². The van der Waals surface area contributed by atoms with E-state index in [4.69, 9.17) is 9.52 Å². The van der Waals surface area contributed by atoms with Gasteiger partial charge in [0, 0.05) is 5.92 Å². The molecule has 1 aromatic rings. The molecule has 2 rings (SSSR count). The molecule has 1 fully saturated rings. The first-order valence-electron chi connectivity index (χ1n) is 4.79. The summed E-state index contributed by atoms with van der Waals surface area (Å²) in [5.74, 6) is -1.29. The second kappa shape index (κ2) is 2.95. The maximum absolute atomic E-state index is 11.8. The molecule has 1 heterocycles. The lowest BCUT2D eigenvalue weighted by Crippen LogP contribution is -2.05. The van der Waals surface area contributed by atoms with E-state index < -0.39 is 5.97 Å². The van der Waals surface area contributed by atoms with Crippen LogP contribution in [0.2, 0.25) is 0 Å². The van der Waals surface area contributed by atoms with Gasteiger partial charge in [-0.2, -0.15) is 0 Å². The zero-order chi connectivity index (χ0) is 11.2. The van der Waals surface area contributed by atoms with E-state index in [1.165, 1.54) is 12.1 Å². The molecule has 80 valence electrons. The van der Waals surface area contributed by atoms with E-state index in [9.17, 15) is 9.59 Å². The number of Topliss-reactive ketones (excluding diaryl/α,β-unsaturated/α-hetero) is 1. The van der Waals surface area contributed by atoms with Gasteiger partial charge in [-0.25, -0.2) is 4.79 Å². The number of ketones is 1. The fourth-order valence-electron chi connectivity index (χ4n) is 1.67. The summed E-state index contributed by atoms with van der Waals surface area (Å²) in [6, 6.07) is 2.74. The number of carbonyl (C=O) groups is 2. The van der Waals surface area contributed by atoms with Crippen LogP contribution in [0, 0.1) is 11.3 Å². The number of hydrogen-bond donors (Lipinski definition) is 1. The topological polar surface area (TPSA) is 67.5 Å². The molecule has 1 N–H and O–H groups in total. The number of aromatic carboxylic acids is 1. The number of hydrogen-bond acceptors (Lipinski definition) is 3. The van der Waals surface area contributed by atoms with Crippen LogP contribution in [-0.4, -0.2) is 16.9 Å². The molecule has 4 nitrogen and oxygen atoms in total. The summed E-state index contributed by atoms with van der Waals surface area (Å²) in [4.78, 5) is 22.3. The number of carboxylic acids is 1. The van der Waals surface area contributed by atoms with E-state index >= 15 is 0 Å². The van der Waals surface area contributed by atoms with Crippen molar-refractivity contribution in [2.24, 2.45) is 11.3 Å². The first kappa shape index (κ1) is 9.96. The molecular formula is C11H12O4. The molecule has 0 amide bonds.